The van der Waals surface area contributed by atoms with Crippen molar-refractivity contribution in [3.05, 3.63) is 95.8 Å². The molecule has 1 N–H and O–H groups in total. The predicted octanol–water partition coefficient (Wildman–Crippen LogP) is 4.35. The Morgan fingerprint density at radius 2 is 1.59 bits per heavy atom. The minimum Gasteiger partial charge on any atom is -0.450 e. The van der Waals surface area contributed by atoms with Crippen LogP contribution in [0.1, 0.15) is 21.7 Å². The van der Waals surface area contributed by atoms with Gasteiger partial charge in [0.1, 0.15) is 0 Å². The number of ether oxygens (including phenoxy) is 1. The maximum atomic E-state index is 12.6. The molecule has 0 saturated carbocycles. The molecule has 1 heterocycles. The smallest absolute Gasteiger partial charge is 0.378 e. The fourth-order valence-corrected chi connectivity index (χ4v) is 3.19. The first-order valence-electron chi connectivity index (χ1n) is 10.1. The van der Waals surface area contributed by atoms with E-state index in [0.29, 0.717) is 11.5 Å². The van der Waals surface area contributed by atoms with Crippen LogP contribution >= 0.6 is 0 Å². The van der Waals surface area contributed by atoms with Crippen molar-refractivity contribution in [2.24, 2.45) is 0 Å². The Morgan fingerprint density at radius 3 is 2.31 bits per heavy atom. The number of amides is 1. The number of anilines is 1. The lowest BCUT2D eigenvalue weighted by Crippen LogP contribution is -2.22. The third-order valence-corrected chi connectivity index (χ3v) is 5.04. The summed E-state index contributed by atoms with van der Waals surface area (Å²) < 4.78 is 6.77. The molecule has 0 saturated heterocycles. The molecule has 0 aliphatic carbocycles. The lowest BCUT2D eigenvalue weighted by atomic mass is 10.1. The van der Waals surface area contributed by atoms with Crippen LogP contribution in [-0.4, -0.2) is 33.2 Å². The molecular weight excluding hydrogens is 404 g/mol. The van der Waals surface area contributed by atoms with Gasteiger partial charge in [0.2, 0.25) is 0 Å². The van der Waals surface area contributed by atoms with Gasteiger partial charge in [-0.1, -0.05) is 60.7 Å². The molecule has 0 spiro atoms. The van der Waals surface area contributed by atoms with E-state index >= 15 is 0 Å². The molecular formula is C25H22N4O3. The molecule has 3 aromatic carbocycles. The number of carbonyl (C=O) groups excluding carboxylic acids is 2. The fourth-order valence-electron chi connectivity index (χ4n) is 3.19. The third-order valence-electron chi connectivity index (χ3n) is 5.04. The molecule has 1 aromatic heterocycles. The van der Waals surface area contributed by atoms with Gasteiger partial charge in [0.05, 0.1) is 5.69 Å². The van der Waals surface area contributed by atoms with E-state index in [9.17, 15) is 9.59 Å². The molecule has 4 aromatic rings. The van der Waals surface area contributed by atoms with E-state index in [2.05, 4.69) is 15.4 Å². The number of aromatic nitrogens is 3. The summed E-state index contributed by atoms with van der Waals surface area (Å²) in [6.45, 7) is 3.44. The van der Waals surface area contributed by atoms with Crippen LogP contribution < -0.4 is 5.32 Å². The van der Waals surface area contributed by atoms with E-state index in [1.807, 2.05) is 86.6 Å². The van der Waals surface area contributed by atoms with Crippen molar-refractivity contribution >= 4 is 17.6 Å². The van der Waals surface area contributed by atoms with Crippen molar-refractivity contribution in [2.45, 2.75) is 13.8 Å². The van der Waals surface area contributed by atoms with Gasteiger partial charge in [-0.3, -0.25) is 4.79 Å². The second-order valence-corrected chi connectivity index (χ2v) is 7.24. The Morgan fingerprint density at radius 1 is 0.906 bits per heavy atom. The van der Waals surface area contributed by atoms with Crippen molar-refractivity contribution in [1.29, 1.82) is 0 Å². The number of hydrogen-bond donors (Lipinski definition) is 1. The van der Waals surface area contributed by atoms with E-state index < -0.39 is 18.5 Å². The van der Waals surface area contributed by atoms with Crippen LogP contribution in [0.15, 0.2) is 78.9 Å². The summed E-state index contributed by atoms with van der Waals surface area (Å²) >= 11 is 0. The number of rotatable bonds is 6. The number of nitrogens with one attached hydrogen (secondary N) is 1. The maximum Gasteiger partial charge on any atom is 0.378 e. The molecule has 0 bridgehead atoms. The van der Waals surface area contributed by atoms with Gasteiger partial charge < -0.3 is 10.1 Å². The third kappa shape index (κ3) is 4.57. The van der Waals surface area contributed by atoms with Crippen LogP contribution in [0.2, 0.25) is 0 Å². The summed E-state index contributed by atoms with van der Waals surface area (Å²) in [7, 11) is 0. The highest BCUT2D eigenvalue weighted by molar-refractivity contribution is 5.95. The van der Waals surface area contributed by atoms with Crippen LogP contribution in [0.4, 0.5) is 5.69 Å². The van der Waals surface area contributed by atoms with Gasteiger partial charge in [0.25, 0.3) is 11.7 Å². The Hall–Kier alpha value is -4.26. The van der Waals surface area contributed by atoms with Crippen LogP contribution in [0.25, 0.3) is 17.1 Å². The Kier molecular flexibility index (Phi) is 6.07. The minimum atomic E-state index is -0.770. The normalized spacial score (nSPS) is 10.6. The van der Waals surface area contributed by atoms with Crippen molar-refractivity contribution < 1.29 is 14.3 Å². The van der Waals surface area contributed by atoms with Gasteiger partial charge >= 0.3 is 5.97 Å². The summed E-state index contributed by atoms with van der Waals surface area (Å²) in [5.41, 5.74) is 4.26. The molecule has 160 valence electrons. The van der Waals surface area contributed by atoms with E-state index in [4.69, 9.17) is 4.74 Å². The molecule has 32 heavy (non-hydrogen) atoms. The fraction of sp³-hybridized carbons (Fsp3) is 0.120. The van der Waals surface area contributed by atoms with Crippen molar-refractivity contribution in [3.63, 3.8) is 0 Å². The lowest BCUT2D eigenvalue weighted by Gasteiger charge is -2.10. The first kappa shape index (κ1) is 21.0. The highest BCUT2D eigenvalue weighted by atomic mass is 16.5. The number of benzene rings is 3. The highest BCUT2D eigenvalue weighted by Crippen LogP contribution is 2.21. The number of carbonyl (C=O) groups is 2. The average molecular weight is 426 g/mol. The van der Waals surface area contributed by atoms with Gasteiger partial charge in [-0.2, -0.15) is 0 Å². The maximum absolute atomic E-state index is 12.6. The largest absolute Gasteiger partial charge is 0.450 e. The molecule has 0 atom stereocenters. The first-order chi connectivity index (χ1) is 15.5. The quantitative estimate of drug-likeness (QED) is 0.464. The number of aryl methyl sites for hydroxylation is 1. The zero-order valence-corrected chi connectivity index (χ0v) is 17.8. The molecule has 0 aliphatic rings. The number of para-hydroxylation sites is 1. The molecule has 0 unspecified atom stereocenters. The highest BCUT2D eigenvalue weighted by Gasteiger charge is 2.21. The zero-order chi connectivity index (χ0) is 22.5. The zero-order valence-electron chi connectivity index (χ0n) is 17.8. The van der Waals surface area contributed by atoms with Gasteiger partial charge in [-0.25, -0.2) is 14.5 Å². The Bertz CT molecular complexity index is 1190. The van der Waals surface area contributed by atoms with Crippen LogP contribution in [-0.2, 0) is 9.53 Å². The van der Waals surface area contributed by atoms with E-state index in [-0.39, 0.29) is 5.82 Å². The molecule has 1 amide bonds. The monoisotopic (exact) mass is 426 g/mol. The number of esters is 1. The number of nitrogens with zero attached hydrogens (tertiary/aromatic N) is 3. The molecule has 7 nitrogen and oxygen atoms in total. The van der Waals surface area contributed by atoms with E-state index in [1.54, 1.807) is 10.7 Å². The minimum absolute atomic E-state index is 0.118. The number of hydrogen-bond acceptors (Lipinski definition) is 5. The van der Waals surface area contributed by atoms with Gasteiger partial charge in [-0.05, 0) is 43.2 Å². The predicted molar refractivity (Wildman–Crippen MR) is 122 cm³/mol. The van der Waals surface area contributed by atoms with E-state index in [1.165, 1.54) is 0 Å². The second-order valence-electron chi connectivity index (χ2n) is 7.24. The molecule has 4 rings (SSSR count). The molecule has 7 heteroatoms. The van der Waals surface area contributed by atoms with Gasteiger partial charge in [0.15, 0.2) is 12.4 Å². The molecule has 0 fully saturated rings. The van der Waals surface area contributed by atoms with Gasteiger partial charge in [-0.15, -0.1) is 5.10 Å². The van der Waals surface area contributed by atoms with Crippen molar-refractivity contribution in [3.8, 4) is 17.1 Å². The lowest BCUT2D eigenvalue weighted by molar-refractivity contribution is -0.119. The first-order valence-corrected chi connectivity index (χ1v) is 10.1. The van der Waals surface area contributed by atoms with E-state index in [0.717, 1.165) is 22.4 Å². The SMILES string of the molecule is Cc1cccc(NC(=O)COC(=O)c2nc(-c3ccccc3)n(-c3ccccc3)n2)c1C. The standard InChI is InChI=1S/C25H22N4O3/c1-17-10-9-15-21(18(17)2)26-22(30)16-32-25(31)23-27-24(19-11-5-3-6-12-19)29(28-23)20-13-7-4-8-14-20/h3-15H,16H2,1-2H3,(H,26,30). The Labute approximate surface area is 185 Å². The average Bonchev–Trinajstić information content (AvgIpc) is 3.27. The summed E-state index contributed by atoms with van der Waals surface area (Å²) in [6, 6.07) is 24.4. The van der Waals surface area contributed by atoms with Crippen molar-refractivity contribution in [1.82, 2.24) is 14.8 Å². The Balaban J connectivity index is 1.52. The summed E-state index contributed by atoms with van der Waals surface area (Å²) in [5.74, 6) is -0.818. The summed E-state index contributed by atoms with van der Waals surface area (Å²) in [4.78, 5) is 29.3. The summed E-state index contributed by atoms with van der Waals surface area (Å²) in [5, 5.41) is 7.11. The second kappa shape index (κ2) is 9.26. The molecule has 0 aliphatic heterocycles. The van der Waals surface area contributed by atoms with Crippen LogP contribution in [0, 0.1) is 13.8 Å². The topological polar surface area (TPSA) is 86.1 Å². The van der Waals surface area contributed by atoms with Crippen molar-refractivity contribution in [2.75, 3.05) is 11.9 Å². The molecule has 0 radical (unpaired) electrons. The van der Waals surface area contributed by atoms with Crippen LogP contribution in [0.3, 0.4) is 0 Å². The summed E-state index contributed by atoms with van der Waals surface area (Å²) in [6.07, 6.45) is 0. The van der Waals surface area contributed by atoms with Crippen LogP contribution in [0.5, 0.6) is 0 Å². The van der Waals surface area contributed by atoms with Gasteiger partial charge in [0, 0.05) is 11.3 Å².